The number of carbonyl (C=O) groups is 1. The van der Waals surface area contributed by atoms with Gasteiger partial charge in [-0.25, -0.2) is 4.79 Å². The molecule has 1 aromatic heterocycles. The van der Waals surface area contributed by atoms with Crippen molar-refractivity contribution < 1.29 is 14.6 Å². The molecule has 0 aromatic carbocycles. The fourth-order valence-corrected chi connectivity index (χ4v) is 2.93. The van der Waals surface area contributed by atoms with Crippen LogP contribution in [0.15, 0.2) is 12.3 Å². The Morgan fingerprint density at radius 3 is 2.85 bits per heavy atom. The number of rotatable bonds is 6. The summed E-state index contributed by atoms with van der Waals surface area (Å²) in [7, 11) is 0. The van der Waals surface area contributed by atoms with Crippen molar-refractivity contribution in [2.45, 2.75) is 51.5 Å². The van der Waals surface area contributed by atoms with Crippen LogP contribution in [-0.4, -0.2) is 34.1 Å². The average Bonchev–Trinajstić information content (AvgIpc) is 2.96. The normalized spacial score (nSPS) is 22.7. The van der Waals surface area contributed by atoms with E-state index < -0.39 is 0 Å². The zero-order valence-corrected chi connectivity index (χ0v) is 12.1. The van der Waals surface area contributed by atoms with Crippen molar-refractivity contribution in [1.29, 1.82) is 0 Å². The van der Waals surface area contributed by atoms with Crippen LogP contribution in [0.4, 0.5) is 0 Å². The molecule has 1 N–H and O–H groups in total. The fourth-order valence-electron chi connectivity index (χ4n) is 2.93. The highest BCUT2D eigenvalue weighted by atomic mass is 16.5. The van der Waals surface area contributed by atoms with Gasteiger partial charge >= 0.3 is 5.97 Å². The van der Waals surface area contributed by atoms with E-state index in [1.807, 2.05) is 10.9 Å². The van der Waals surface area contributed by atoms with Crippen molar-refractivity contribution in [2.75, 3.05) is 13.2 Å². The standard InChI is InChI=1S/C15H24N2O3/c1-2-20-15(19)14-9-10-17(16-14)13-7-5-12(6-8-13)4-3-11-18/h9-10,12-13,18H,2-8,11H2,1H3. The van der Waals surface area contributed by atoms with Crippen molar-refractivity contribution in [3.63, 3.8) is 0 Å². The molecule has 0 aliphatic heterocycles. The highest BCUT2D eigenvalue weighted by molar-refractivity contribution is 5.86. The Morgan fingerprint density at radius 2 is 2.20 bits per heavy atom. The lowest BCUT2D eigenvalue weighted by molar-refractivity contribution is 0.0517. The minimum absolute atomic E-state index is 0.294. The Morgan fingerprint density at radius 1 is 1.45 bits per heavy atom. The van der Waals surface area contributed by atoms with Gasteiger partial charge in [-0.2, -0.15) is 5.10 Å². The maximum Gasteiger partial charge on any atom is 0.358 e. The van der Waals surface area contributed by atoms with Gasteiger partial charge in [0.25, 0.3) is 0 Å². The summed E-state index contributed by atoms with van der Waals surface area (Å²) in [4.78, 5) is 11.6. The topological polar surface area (TPSA) is 64.3 Å². The van der Waals surface area contributed by atoms with Crippen molar-refractivity contribution in [3.8, 4) is 0 Å². The zero-order chi connectivity index (χ0) is 14.4. The number of esters is 1. The van der Waals surface area contributed by atoms with Gasteiger partial charge in [0, 0.05) is 12.8 Å². The molecule has 5 nitrogen and oxygen atoms in total. The van der Waals surface area contributed by atoms with Crippen LogP contribution in [0, 0.1) is 5.92 Å². The number of aliphatic hydroxyl groups excluding tert-OH is 1. The molecule has 0 atom stereocenters. The van der Waals surface area contributed by atoms with Gasteiger partial charge in [-0.05, 0) is 57.4 Å². The molecule has 0 unspecified atom stereocenters. The molecule has 0 amide bonds. The Kier molecular flexibility index (Phi) is 5.59. The summed E-state index contributed by atoms with van der Waals surface area (Å²) in [5, 5.41) is 13.2. The molecule has 0 saturated heterocycles. The van der Waals surface area contributed by atoms with E-state index in [0.29, 0.717) is 24.9 Å². The van der Waals surface area contributed by atoms with Gasteiger partial charge in [0.05, 0.1) is 12.6 Å². The lowest BCUT2D eigenvalue weighted by Gasteiger charge is -2.28. The molecule has 112 valence electrons. The molecule has 20 heavy (non-hydrogen) atoms. The minimum atomic E-state index is -0.345. The number of aliphatic hydroxyl groups is 1. The van der Waals surface area contributed by atoms with Gasteiger partial charge in [-0.3, -0.25) is 4.68 Å². The summed E-state index contributed by atoms with van der Waals surface area (Å²) in [6.07, 6.45) is 8.46. The van der Waals surface area contributed by atoms with E-state index in [2.05, 4.69) is 5.10 Å². The van der Waals surface area contributed by atoms with E-state index in [0.717, 1.165) is 31.6 Å². The van der Waals surface area contributed by atoms with Crippen molar-refractivity contribution >= 4 is 5.97 Å². The van der Waals surface area contributed by atoms with Gasteiger partial charge in [0.15, 0.2) is 5.69 Å². The Balaban J connectivity index is 1.86. The molecule has 5 heteroatoms. The second-order valence-corrected chi connectivity index (χ2v) is 5.44. The summed E-state index contributed by atoms with van der Waals surface area (Å²) in [5.41, 5.74) is 0.397. The van der Waals surface area contributed by atoms with Crippen LogP contribution in [-0.2, 0) is 4.74 Å². The zero-order valence-electron chi connectivity index (χ0n) is 12.1. The molecule has 1 aliphatic carbocycles. The molecule has 1 saturated carbocycles. The first kappa shape index (κ1) is 15.0. The number of aromatic nitrogens is 2. The van der Waals surface area contributed by atoms with Gasteiger partial charge in [-0.1, -0.05) is 0 Å². The van der Waals surface area contributed by atoms with E-state index in [9.17, 15) is 4.79 Å². The average molecular weight is 280 g/mol. The van der Waals surface area contributed by atoms with E-state index in [1.54, 1.807) is 13.0 Å². The third-order valence-electron chi connectivity index (χ3n) is 4.05. The summed E-state index contributed by atoms with van der Waals surface area (Å²) >= 11 is 0. The van der Waals surface area contributed by atoms with Gasteiger partial charge in [0.2, 0.25) is 0 Å². The third kappa shape index (κ3) is 3.82. The second kappa shape index (κ2) is 7.43. The predicted molar refractivity (Wildman–Crippen MR) is 75.5 cm³/mol. The molecule has 0 spiro atoms. The van der Waals surface area contributed by atoms with Crippen molar-refractivity contribution in [3.05, 3.63) is 18.0 Å². The van der Waals surface area contributed by atoms with Crippen LogP contribution in [0.1, 0.15) is 62.0 Å². The molecular weight excluding hydrogens is 256 g/mol. The smallest absolute Gasteiger partial charge is 0.358 e. The van der Waals surface area contributed by atoms with Crippen LogP contribution in [0.25, 0.3) is 0 Å². The summed E-state index contributed by atoms with van der Waals surface area (Å²) in [5.74, 6) is 0.390. The number of hydrogen-bond acceptors (Lipinski definition) is 4. The van der Waals surface area contributed by atoms with Gasteiger partial charge in [-0.15, -0.1) is 0 Å². The third-order valence-corrected chi connectivity index (χ3v) is 4.05. The van der Waals surface area contributed by atoms with E-state index >= 15 is 0 Å². The molecular formula is C15H24N2O3. The Labute approximate surface area is 119 Å². The summed E-state index contributed by atoms with van der Waals surface area (Å²) in [6.45, 7) is 2.46. The Hall–Kier alpha value is -1.36. The quantitative estimate of drug-likeness (QED) is 0.813. The summed E-state index contributed by atoms with van der Waals surface area (Å²) < 4.78 is 6.86. The minimum Gasteiger partial charge on any atom is -0.461 e. The molecule has 1 fully saturated rings. The van der Waals surface area contributed by atoms with Crippen LogP contribution in [0.3, 0.4) is 0 Å². The number of hydrogen-bond donors (Lipinski definition) is 1. The highest BCUT2D eigenvalue weighted by Crippen LogP contribution is 2.34. The lowest BCUT2D eigenvalue weighted by Crippen LogP contribution is -2.19. The first-order valence-electron chi connectivity index (χ1n) is 7.57. The van der Waals surface area contributed by atoms with E-state index in [4.69, 9.17) is 9.84 Å². The van der Waals surface area contributed by atoms with Gasteiger partial charge < -0.3 is 9.84 Å². The monoisotopic (exact) mass is 280 g/mol. The number of carbonyl (C=O) groups excluding carboxylic acids is 1. The SMILES string of the molecule is CCOC(=O)c1ccn(C2CCC(CCCO)CC2)n1. The van der Waals surface area contributed by atoms with Crippen molar-refractivity contribution in [1.82, 2.24) is 9.78 Å². The molecule has 0 bridgehead atoms. The van der Waals surface area contributed by atoms with E-state index in [1.165, 1.54) is 12.8 Å². The largest absolute Gasteiger partial charge is 0.461 e. The fraction of sp³-hybridized carbons (Fsp3) is 0.733. The maximum atomic E-state index is 11.6. The van der Waals surface area contributed by atoms with Crippen LogP contribution in [0.2, 0.25) is 0 Å². The number of ether oxygens (including phenoxy) is 1. The molecule has 2 rings (SSSR count). The molecule has 1 heterocycles. The van der Waals surface area contributed by atoms with Gasteiger partial charge in [0.1, 0.15) is 0 Å². The van der Waals surface area contributed by atoms with E-state index in [-0.39, 0.29) is 5.97 Å². The number of nitrogens with zero attached hydrogens (tertiary/aromatic N) is 2. The van der Waals surface area contributed by atoms with Crippen molar-refractivity contribution in [2.24, 2.45) is 5.92 Å². The molecule has 0 radical (unpaired) electrons. The first-order valence-corrected chi connectivity index (χ1v) is 7.57. The molecule has 1 aliphatic rings. The maximum absolute atomic E-state index is 11.6. The molecule has 1 aromatic rings. The predicted octanol–water partition coefficient (Wildman–Crippen LogP) is 2.56. The van der Waals surface area contributed by atoms with Crippen LogP contribution in [0.5, 0.6) is 0 Å². The highest BCUT2D eigenvalue weighted by Gasteiger charge is 2.23. The summed E-state index contributed by atoms with van der Waals surface area (Å²) in [6, 6.07) is 2.12. The second-order valence-electron chi connectivity index (χ2n) is 5.44. The van der Waals surface area contributed by atoms with Crippen LogP contribution < -0.4 is 0 Å². The first-order chi connectivity index (χ1) is 9.74. The van der Waals surface area contributed by atoms with Crippen LogP contribution >= 0.6 is 0 Å². The lowest BCUT2D eigenvalue weighted by atomic mass is 9.83. The Bertz CT molecular complexity index is 423.